The number of carbonyl (C=O) groups excluding carboxylic acids is 4. The van der Waals surface area contributed by atoms with Gasteiger partial charge >= 0.3 is 5.97 Å². The maximum atomic E-state index is 13.3. The minimum absolute atomic E-state index is 0.0764. The van der Waals surface area contributed by atoms with Crippen molar-refractivity contribution in [2.75, 3.05) is 13.1 Å². The van der Waals surface area contributed by atoms with Crippen LogP contribution in [0.25, 0.3) is 0 Å². The van der Waals surface area contributed by atoms with Crippen LogP contribution in [0.4, 0.5) is 0 Å². The number of aliphatic imine (C=N–C) groups is 1. The van der Waals surface area contributed by atoms with E-state index in [4.69, 9.17) is 28.7 Å². The Labute approximate surface area is 231 Å². The molecule has 0 aliphatic heterocycles. The van der Waals surface area contributed by atoms with Crippen molar-refractivity contribution in [1.82, 2.24) is 25.9 Å². The summed E-state index contributed by atoms with van der Waals surface area (Å²) in [6, 6.07) is -4.68. The molecule has 0 saturated heterocycles. The minimum atomic E-state index is -1.43. The monoisotopic (exact) mass is 567 g/mol. The average molecular weight is 568 g/mol. The van der Waals surface area contributed by atoms with Gasteiger partial charge in [0.25, 0.3) is 0 Å². The molecule has 15 N–H and O–H groups in total. The van der Waals surface area contributed by atoms with Gasteiger partial charge < -0.3 is 54.7 Å². The fourth-order valence-corrected chi connectivity index (χ4v) is 3.60. The number of hydrogen-bond acceptors (Lipinski definition) is 9. The quantitative estimate of drug-likeness (QED) is 0.0414. The van der Waals surface area contributed by atoms with Crippen LogP contribution in [0.2, 0.25) is 0 Å². The Kier molecular flexibility index (Phi) is 15.3. The van der Waals surface area contributed by atoms with E-state index in [0.717, 1.165) is 0 Å². The van der Waals surface area contributed by atoms with Gasteiger partial charge in [-0.15, -0.1) is 0 Å². The summed E-state index contributed by atoms with van der Waals surface area (Å²) in [7, 11) is 0. The van der Waals surface area contributed by atoms with Crippen LogP contribution in [0.5, 0.6) is 0 Å². The molecule has 0 aromatic carbocycles. The van der Waals surface area contributed by atoms with Crippen molar-refractivity contribution < 1.29 is 29.1 Å². The summed E-state index contributed by atoms with van der Waals surface area (Å²) in [6.45, 7) is 0.637. The molecule has 4 unspecified atom stereocenters. The lowest BCUT2D eigenvalue weighted by Crippen LogP contribution is -2.57. The normalized spacial score (nSPS) is 13.8. The lowest BCUT2D eigenvalue weighted by molar-refractivity contribution is -0.142. The van der Waals surface area contributed by atoms with Crippen LogP contribution in [-0.2, 0) is 30.4 Å². The maximum absolute atomic E-state index is 13.3. The zero-order chi connectivity index (χ0) is 30.1. The van der Waals surface area contributed by atoms with E-state index in [0.29, 0.717) is 37.9 Å². The number of carboxylic acid groups (broad SMARTS) is 1. The van der Waals surface area contributed by atoms with Crippen molar-refractivity contribution in [2.45, 2.75) is 75.5 Å². The number of unbranched alkanes of at least 4 members (excludes halogenated alkanes) is 1. The summed E-state index contributed by atoms with van der Waals surface area (Å²) in [6.07, 6.45) is 4.30. The standard InChI is InChI=1S/C23H41N11O6/c24-8-2-1-4-14(25)19(36)32-15(5-3-9-30-23(27)28)20(37)34-17(10-13-11-29-12-31-13)21(38)33-16(22(39)40)6-7-18(26)35/h11-12,14-17H,1-10,24-25H2,(H2,26,35)(H,29,31)(H,32,36)(H,33,38)(H,34,37)(H,39,40)(H4,27,28,30). The van der Waals surface area contributed by atoms with E-state index < -0.39 is 53.8 Å². The molecule has 40 heavy (non-hydrogen) atoms. The van der Waals surface area contributed by atoms with Crippen LogP contribution in [0.3, 0.4) is 0 Å². The molecule has 1 aromatic rings. The number of aliphatic carboxylic acids is 1. The van der Waals surface area contributed by atoms with Crippen molar-refractivity contribution in [1.29, 1.82) is 0 Å². The molecule has 0 fully saturated rings. The fourth-order valence-electron chi connectivity index (χ4n) is 3.60. The first-order chi connectivity index (χ1) is 18.9. The summed E-state index contributed by atoms with van der Waals surface area (Å²) in [4.78, 5) is 72.4. The first-order valence-electron chi connectivity index (χ1n) is 12.8. The smallest absolute Gasteiger partial charge is 0.326 e. The number of carbonyl (C=O) groups is 5. The number of carboxylic acids is 1. The van der Waals surface area contributed by atoms with E-state index in [9.17, 15) is 29.1 Å². The molecule has 4 atom stereocenters. The molecule has 0 radical (unpaired) electrons. The fraction of sp³-hybridized carbons (Fsp3) is 0.609. The number of nitrogens with two attached hydrogens (primary N) is 5. The predicted octanol–water partition coefficient (Wildman–Crippen LogP) is -3.73. The first kappa shape index (κ1) is 33.8. The van der Waals surface area contributed by atoms with Gasteiger partial charge in [-0.1, -0.05) is 6.42 Å². The molecule has 1 heterocycles. The highest BCUT2D eigenvalue weighted by atomic mass is 16.4. The van der Waals surface area contributed by atoms with Gasteiger partial charge in [0.15, 0.2) is 5.96 Å². The van der Waals surface area contributed by atoms with Crippen molar-refractivity contribution in [3.8, 4) is 0 Å². The van der Waals surface area contributed by atoms with Crippen LogP contribution in [0.15, 0.2) is 17.5 Å². The number of primary amides is 1. The molecule has 224 valence electrons. The maximum Gasteiger partial charge on any atom is 0.326 e. The van der Waals surface area contributed by atoms with Crippen LogP contribution >= 0.6 is 0 Å². The molecule has 0 saturated carbocycles. The Hall–Kier alpha value is -4.25. The Morgan fingerprint density at radius 3 is 2.12 bits per heavy atom. The lowest BCUT2D eigenvalue weighted by Gasteiger charge is -2.25. The molecule has 0 aliphatic carbocycles. The summed E-state index contributed by atoms with van der Waals surface area (Å²) in [5, 5.41) is 17.0. The third kappa shape index (κ3) is 13.5. The summed E-state index contributed by atoms with van der Waals surface area (Å²) < 4.78 is 0. The van der Waals surface area contributed by atoms with Gasteiger partial charge in [-0.05, 0) is 38.6 Å². The van der Waals surface area contributed by atoms with Gasteiger partial charge in [-0.3, -0.25) is 24.2 Å². The van der Waals surface area contributed by atoms with Crippen LogP contribution < -0.4 is 44.6 Å². The lowest BCUT2D eigenvalue weighted by atomic mass is 10.0. The van der Waals surface area contributed by atoms with E-state index in [1.165, 1.54) is 12.5 Å². The Morgan fingerprint density at radius 2 is 1.55 bits per heavy atom. The second-order valence-corrected chi connectivity index (χ2v) is 9.15. The van der Waals surface area contributed by atoms with E-state index >= 15 is 0 Å². The van der Waals surface area contributed by atoms with E-state index in [1.54, 1.807) is 0 Å². The number of H-pyrrole nitrogens is 1. The van der Waals surface area contributed by atoms with Crippen molar-refractivity contribution >= 4 is 35.6 Å². The summed E-state index contributed by atoms with van der Waals surface area (Å²) >= 11 is 0. The summed E-state index contributed by atoms with van der Waals surface area (Å²) in [5.41, 5.74) is 27.7. The first-order valence-corrected chi connectivity index (χ1v) is 12.8. The molecular weight excluding hydrogens is 526 g/mol. The second kappa shape index (κ2) is 18.1. The van der Waals surface area contributed by atoms with Crippen LogP contribution in [0, 0.1) is 0 Å². The van der Waals surface area contributed by atoms with Gasteiger partial charge in [0.05, 0.1) is 12.4 Å². The van der Waals surface area contributed by atoms with Crippen LogP contribution in [-0.4, -0.2) is 87.9 Å². The van der Waals surface area contributed by atoms with Crippen molar-refractivity contribution in [3.05, 3.63) is 18.2 Å². The largest absolute Gasteiger partial charge is 0.480 e. The molecule has 1 aromatic heterocycles. The molecule has 1 rings (SSSR count). The molecular formula is C23H41N11O6. The minimum Gasteiger partial charge on any atom is -0.480 e. The zero-order valence-corrected chi connectivity index (χ0v) is 22.3. The molecule has 17 nitrogen and oxygen atoms in total. The highest BCUT2D eigenvalue weighted by molar-refractivity contribution is 5.94. The number of aromatic nitrogens is 2. The Bertz CT molecular complexity index is 997. The number of rotatable bonds is 20. The highest BCUT2D eigenvalue weighted by Gasteiger charge is 2.30. The topological polar surface area (TPSA) is 313 Å². The second-order valence-electron chi connectivity index (χ2n) is 9.15. The number of amides is 4. The molecule has 0 aliphatic rings. The van der Waals surface area contributed by atoms with Crippen molar-refractivity contribution in [2.24, 2.45) is 33.7 Å². The van der Waals surface area contributed by atoms with Gasteiger partial charge in [0.2, 0.25) is 23.6 Å². The number of nitrogens with one attached hydrogen (secondary N) is 4. The highest BCUT2D eigenvalue weighted by Crippen LogP contribution is 2.06. The third-order valence-electron chi connectivity index (χ3n) is 5.79. The van der Waals surface area contributed by atoms with E-state index in [-0.39, 0.29) is 38.2 Å². The number of hydrogen-bond donors (Lipinski definition) is 10. The number of guanidine groups is 1. The molecule has 0 bridgehead atoms. The Morgan fingerprint density at radius 1 is 0.900 bits per heavy atom. The predicted molar refractivity (Wildman–Crippen MR) is 145 cm³/mol. The average Bonchev–Trinajstić information content (AvgIpc) is 3.40. The van der Waals surface area contributed by atoms with Gasteiger partial charge in [0, 0.05) is 31.3 Å². The number of imidazole rings is 1. The molecule has 17 heteroatoms. The zero-order valence-electron chi connectivity index (χ0n) is 22.3. The SMILES string of the molecule is NCCCCC(N)C(=O)NC(CCCN=C(N)N)C(=O)NC(Cc1cnc[nH]1)C(=O)NC(CCC(N)=O)C(=O)O. The number of nitrogens with zero attached hydrogens (tertiary/aromatic N) is 2. The Balaban J connectivity index is 3.07. The number of aromatic amines is 1. The summed E-state index contributed by atoms with van der Waals surface area (Å²) in [5.74, 6) is -4.35. The van der Waals surface area contributed by atoms with E-state index in [1.807, 2.05) is 0 Å². The van der Waals surface area contributed by atoms with Gasteiger partial charge in [0.1, 0.15) is 18.1 Å². The van der Waals surface area contributed by atoms with Crippen molar-refractivity contribution in [3.63, 3.8) is 0 Å². The molecule has 4 amide bonds. The van der Waals surface area contributed by atoms with Gasteiger partial charge in [-0.2, -0.15) is 0 Å². The van der Waals surface area contributed by atoms with E-state index in [2.05, 4.69) is 30.9 Å². The van der Waals surface area contributed by atoms with Gasteiger partial charge in [-0.25, -0.2) is 9.78 Å². The third-order valence-corrected chi connectivity index (χ3v) is 5.79. The van der Waals surface area contributed by atoms with Crippen LogP contribution in [0.1, 0.15) is 50.6 Å². The molecule has 0 spiro atoms.